The van der Waals surface area contributed by atoms with Crippen molar-refractivity contribution in [3.63, 3.8) is 0 Å². The molecule has 0 spiro atoms. The van der Waals surface area contributed by atoms with E-state index in [1.54, 1.807) is 25.7 Å². The maximum absolute atomic E-state index is 13.0. The Balaban J connectivity index is 2.01. The van der Waals surface area contributed by atoms with Crippen molar-refractivity contribution in [3.8, 4) is 0 Å². The first-order valence-electron chi connectivity index (χ1n) is 7.19. The lowest BCUT2D eigenvalue weighted by Gasteiger charge is -2.36. The van der Waals surface area contributed by atoms with Crippen molar-refractivity contribution in [2.45, 2.75) is 31.3 Å². The van der Waals surface area contributed by atoms with E-state index < -0.39 is 20.7 Å². The van der Waals surface area contributed by atoms with Crippen molar-refractivity contribution in [2.75, 3.05) is 31.1 Å². The van der Waals surface area contributed by atoms with Crippen LogP contribution >= 0.6 is 0 Å². The molecule has 7 nitrogen and oxygen atoms in total. The Hall–Kier alpha value is -1.90. The van der Waals surface area contributed by atoms with Crippen LogP contribution < -0.4 is 4.90 Å². The first-order chi connectivity index (χ1) is 10.6. The molecule has 0 bridgehead atoms. The number of carbonyl (C=O) groups excluding carboxylic acids is 1. The lowest BCUT2D eigenvalue weighted by Crippen LogP contribution is -2.50. The third-order valence-corrected chi connectivity index (χ3v) is 4.06. The highest BCUT2D eigenvalue weighted by molar-refractivity contribution is 7.86. The summed E-state index contributed by atoms with van der Waals surface area (Å²) in [5.41, 5.74) is -0.0466. The number of nitrogens with zero attached hydrogens (tertiary/aromatic N) is 3. The van der Waals surface area contributed by atoms with Gasteiger partial charge in [-0.05, 0) is 26.8 Å². The van der Waals surface area contributed by atoms with Gasteiger partial charge >= 0.3 is 16.3 Å². The van der Waals surface area contributed by atoms with Crippen LogP contribution in [0.3, 0.4) is 0 Å². The molecule has 0 radical (unpaired) electrons. The van der Waals surface area contributed by atoms with Gasteiger partial charge in [0.05, 0.1) is 11.9 Å². The zero-order valence-corrected chi connectivity index (χ0v) is 14.1. The van der Waals surface area contributed by atoms with Crippen LogP contribution in [0.4, 0.5) is 14.4 Å². The third-order valence-electron chi connectivity index (χ3n) is 3.28. The van der Waals surface area contributed by atoms with Gasteiger partial charge < -0.3 is 14.5 Å². The average Bonchev–Trinajstić information content (AvgIpc) is 2.45. The number of aromatic nitrogens is 1. The number of amides is 1. The number of carbonyl (C=O) groups is 1. The summed E-state index contributed by atoms with van der Waals surface area (Å²) in [5.74, 6) is 0. The first-order valence-corrected chi connectivity index (χ1v) is 8.57. The highest BCUT2D eigenvalue weighted by atomic mass is 32.3. The minimum atomic E-state index is -4.78. The second kappa shape index (κ2) is 6.31. The number of hydrogen-bond acceptors (Lipinski definition) is 6. The van der Waals surface area contributed by atoms with Gasteiger partial charge in [-0.25, -0.2) is 4.79 Å². The zero-order chi connectivity index (χ0) is 17.3. The fraction of sp³-hybridized carbons (Fsp3) is 0.571. The molecule has 1 fully saturated rings. The Bertz CT molecular complexity index is 680. The van der Waals surface area contributed by atoms with Gasteiger partial charge in [0.25, 0.3) is 0 Å². The molecule has 2 rings (SSSR count). The monoisotopic (exact) mass is 345 g/mol. The van der Waals surface area contributed by atoms with Crippen LogP contribution in [-0.4, -0.2) is 56.2 Å². The molecule has 2 heterocycles. The van der Waals surface area contributed by atoms with Gasteiger partial charge in [-0.2, -0.15) is 8.42 Å². The van der Waals surface area contributed by atoms with E-state index in [4.69, 9.17) is 4.74 Å². The van der Waals surface area contributed by atoms with E-state index in [-0.39, 0.29) is 6.09 Å². The molecule has 128 valence electrons. The predicted molar refractivity (Wildman–Crippen MR) is 82.6 cm³/mol. The van der Waals surface area contributed by atoms with E-state index >= 15 is 0 Å². The molecule has 1 saturated heterocycles. The summed E-state index contributed by atoms with van der Waals surface area (Å²) in [6.07, 6.45) is 2.06. The number of hydrogen-bond donors (Lipinski definition) is 0. The quantitative estimate of drug-likeness (QED) is 0.761. The molecule has 1 aromatic rings. The molecular formula is C14H20FN3O4S. The van der Waals surface area contributed by atoms with Crippen molar-refractivity contribution < 1.29 is 21.8 Å². The fourth-order valence-electron chi connectivity index (χ4n) is 2.19. The Kier molecular flexibility index (Phi) is 4.79. The van der Waals surface area contributed by atoms with E-state index in [0.29, 0.717) is 31.9 Å². The minimum absolute atomic E-state index is 0.379. The SMILES string of the molecule is CC(C)(C)OC(=O)N1CCN(c2cncc(S(=O)(=O)F)c2)CC1. The molecule has 1 aromatic heterocycles. The lowest BCUT2D eigenvalue weighted by molar-refractivity contribution is 0.0240. The van der Waals surface area contributed by atoms with Gasteiger partial charge in [0, 0.05) is 32.4 Å². The standard InChI is InChI=1S/C14H20FN3O4S/c1-14(2,3)22-13(19)18-6-4-17(5-7-18)11-8-12(10-16-9-11)23(15,20)21/h8-10H,4-7H2,1-3H3. The Morgan fingerprint density at radius 1 is 1.22 bits per heavy atom. The van der Waals surface area contributed by atoms with Gasteiger partial charge in [0.15, 0.2) is 0 Å². The number of anilines is 1. The van der Waals surface area contributed by atoms with Crippen molar-refractivity contribution in [2.24, 2.45) is 0 Å². The smallest absolute Gasteiger partial charge is 0.410 e. The molecule has 0 unspecified atom stereocenters. The molecule has 1 aliphatic rings. The molecule has 1 aliphatic heterocycles. The van der Waals surface area contributed by atoms with Gasteiger partial charge in [-0.3, -0.25) is 4.98 Å². The van der Waals surface area contributed by atoms with Crippen molar-refractivity contribution >= 4 is 22.0 Å². The van der Waals surface area contributed by atoms with E-state index in [1.807, 2.05) is 4.90 Å². The van der Waals surface area contributed by atoms with Crippen LogP contribution in [0, 0.1) is 0 Å². The Labute approximate surface area is 135 Å². The average molecular weight is 345 g/mol. The fourth-order valence-corrected chi connectivity index (χ4v) is 2.64. The maximum Gasteiger partial charge on any atom is 0.410 e. The summed E-state index contributed by atoms with van der Waals surface area (Å²) in [6, 6.07) is 1.24. The number of halogens is 1. The van der Waals surface area contributed by atoms with E-state index in [0.717, 1.165) is 6.20 Å². The third kappa shape index (κ3) is 4.78. The normalized spacial score (nSPS) is 16.3. The lowest BCUT2D eigenvalue weighted by atomic mass is 10.2. The molecule has 0 aliphatic carbocycles. The first kappa shape index (κ1) is 17.5. The molecule has 23 heavy (non-hydrogen) atoms. The van der Waals surface area contributed by atoms with Crippen LogP contribution in [0.5, 0.6) is 0 Å². The predicted octanol–water partition coefficient (Wildman–Crippen LogP) is 1.80. The Morgan fingerprint density at radius 3 is 2.35 bits per heavy atom. The summed E-state index contributed by atoms with van der Waals surface area (Å²) in [7, 11) is -4.78. The maximum atomic E-state index is 13.0. The van der Waals surface area contributed by atoms with Crippen molar-refractivity contribution in [1.82, 2.24) is 9.88 Å². The number of ether oxygens (including phenoxy) is 1. The highest BCUT2D eigenvalue weighted by Crippen LogP contribution is 2.21. The van der Waals surface area contributed by atoms with Crippen LogP contribution in [0.15, 0.2) is 23.4 Å². The van der Waals surface area contributed by atoms with E-state index in [2.05, 4.69) is 4.98 Å². The van der Waals surface area contributed by atoms with Crippen LogP contribution in [0.1, 0.15) is 20.8 Å². The highest BCUT2D eigenvalue weighted by Gasteiger charge is 2.26. The van der Waals surface area contributed by atoms with Crippen LogP contribution in [0.2, 0.25) is 0 Å². The van der Waals surface area contributed by atoms with Crippen molar-refractivity contribution in [3.05, 3.63) is 18.5 Å². The molecule has 1 amide bonds. The summed E-state index contributed by atoms with van der Waals surface area (Å²) in [5, 5.41) is 0. The number of piperazine rings is 1. The largest absolute Gasteiger partial charge is 0.444 e. The van der Waals surface area contributed by atoms with Crippen LogP contribution in [-0.2, 0) is 15.0 Å². The molecule has 0 aromatic carbocycles. The molecule has 0 N–H and O–H groups in total. The summed E-state index contributed by atoms with van der Waals surface area (Å²) >= 11 is 0. The van der Waals surface area contributed by atoms with E-state index in [1.165, 1.54) is 12.3 Å². The van der Waals surface area contributed by atoms with Gasteiger partial charge in [0.1, 0.15) is 10.5 Å². The second-order valence-electron chi connectivity index (χ2n) is 6.27. The second-order valence-corrected chi connectivity index (χ2v) is 7.62. The number of rotatable bonds is 2. The molecule has 0 saturated carbocycles. The summed E-state index contributed by atoms with van der Waals surface area (Å²) < 4.78 is 40.2. The topological polar surface area (TPSA) is 79.8 Å². The van der Waals surface area contributed by atoms with Crippen molar-refractivity contribution in [1.29, 1.82) is 0 Å². The summed E-state index contributed by atoms with van der Waals surface area (Å²) in [4.78, 5) is 18.7. The van der Waals surface area contributed by atoms with E-state index in [9.17, 15) is 17.1 Å². The number of pyridine rings is 1. The van der Waals surface area contributed by atoms with Gasteiger partial charge in [-0.1, -0.05) is 0 Å². The zero-order valence-electron chi connectivity index (χ0n) is 13.3. The van der Waals surface area contributed by atoms with Gasteiger partial charge in [0.2, 0.25) is 0 Å². The Morgan fingerprint density at radius 2 is 1.83 bits per heavy atom. The summed E-state index contributed by atoms with van der Waals surface area (Å²) in [6.45, 7) is 7.23. The molecule has 0 atom stereocenters. The van der Waals surface area contributed by atoms with Crippen LogP contribution in [0.25, 0.3) is 0 Å². The van der Waals surface area contributed by atoms with Gasteiger partial charge in [-0.15, -0.1) is 3.89 Å². The molecular weight excluding hydrogens is 325 g/mol. The minimum Gasteiger partial charge on any atom is -0.444 e. The molecule has 9 heteroatoms.